The van der Waals surface area contributed by atoms with E-state index in [0.717, 1.165) is 73.8 Å². The van der Waals surface area contributed by atoms with Gasteiger partial charge in [0.25, 0.3) is 0 Å². The van der Waals surface area contributed by atoms with E-state index in [2.05, 4.69) is 25.8 Å². The molecular formula is C27H33N5O4. The van der Waals surface area contributed by atoms with Crippen LogP contribution in [0.3, 0.4) is 0 Å². The van der Waals surface area contributed by atoms with Crippen LogP contribution in [-0.2, 0) is 20.8 Å². The van der Waals surface area contributed by atoms with Gasteiger partial charge in [0.1, 0.15) is 18.2 Å². The molecule has 2 aromatic rings. The van der Waals surface area contributed by atoms with E-state index < -0.39 is 0 Å². The predicted octanol–water partition coefficient (Wildman–Crippen LogP) is 2.37. The monoisotopic (exact) mass is 491 g/mol. The van der Waals surface area contributed by atoms with Crippen molar-refractivity contribution in [3.63, 3.8) is 0 Å². The fraction of sp³-hybridized carbons (Fsp3) is 0.481. The SMILES string of the molecule is O=C1CCC(c2ccnc(N3CCC(CNCCOc4ccc5c(c4)NC(=O)CC5)CC3)c2)C(=O)N1. The Labute approximate surface area is 211 Å². The van der Waals surface area contributed by atoms with Crippen LogP contribution in [-0.4, -0.2) is 55.5 Å². The van der Waals surface area contributed by atoms with Crippen molar-refractivity contribution in [2.45, 2.75) is 44.4 Å². The lowest BCUT2D eigenvalue weighted by molar-refractivity contribution is -0.134. The topological polar surface area (TPSA) is 113 Å². The largest absolute Gasteiger partial charge is 0.492 e. The van der Waals surface area contributed by atoms with Gasteiger partial charge in [0.2, 0.25) is 17.7 Å². The molecule has 3 aliphatic rings. The molecule has 0 spiro atoms. The highest BCUT2D eigenvalue weighted by molar-refractivity contribution is 6.01. The average Bonchev–Trinajstić information content (AvgIpc) is 2.89. The number of hydrogen-bond acceptors (Lipinski definition) is 7. The van der Waals surface area contributed by atoms with Crippen molar-refractivity contribution in [2.24, 2.45) is 5.92 Å². The standard InChI is InChI=1S/C27H33N5O4/c33-25-5-2-19-1-3-21(16-23(19)30-25)36-14-11-28-17-18-8-12-32(13-9-18)24-15-20(7-10-29-24)22-4-6-26(34)31-27(22)35/h1,3,7,10,15-16,18,22,28H,2,4-6,8-9,11-14,17H2,(H,30,33)(H,31,34,35). The van der Waals surface area contributed by atoms with Crippen LogP contribution in [0.5, 0.6) is 5.75 Å². The summed E-state index contributed by atoms with van der Waals surface area (Å²) in [6, 6.07) is 9.78. The minimum Gasteiger partial charge on any atom is -0.492 e. The molecule has 2 saturated heterocycles. The zero-order valence-corrected chi connectivity index (χ0v) is 20.4. The highest BCUT2D eigenvalue weighted by Crippen LogP contribution is 2.29. The van der Waals surface area contributed by atoms with E-state index in [0.29, 0.717) is 31.8 Å². The summed E-state index contributed by atoms with van der Waals surface area (Å²) in [7, 11) is 0. The number of rotatable bonds is 8. The second-order valence-corrected chi connectivity index (χ2v) is 9.80. The Morgan fingerprint density at radius 3 is 2.64 bits per heavy atom. The molecule has 9 nitrogen and oxygen atoms in total. The number of piperidine rings is 2. The quantitative estimate of drug-likeness (QED) is 0.384. The van der Waals surface area contributed by atoms with Gasteiger partial charge >= 0.3 is 0 Å². The van der Waals surface area contributed by atoms with Crippen molar-refractivity contribution < 1.29 is 19.1 Å². The zero-order valence-electron chi connectivity index (χ0n) is 20.4. The lowest BCUT2D eigenvalue weighted by Crippen LogP contribution is -2.40. The van der Waals surface area contributed by atoms with Crippen LogP contribution >= 0.6 is 0 Å². The van der Waals surface area contributed by atoms with Gasteiger partial charge in [-0.3, -0.25) is 19.7 Å². The van der Waals surface area contributed by atoms with E-state index in [4.69, 9.17) is 4.74 Å². The maximum absolute atomic E-state index is 12.2. The van der Waals surface area contributed by atoms with Crippen LogP contribution in [0, 0.1) is 5.92 Å². The minimum atomic E-state index is -0.284. The molecule has 4 heterocycles. The number of anilines is 2. The van der Waals surface area contributed by atoms with Gasteiger partial charge in [0.15, 0.2) is 0 Å². The molecule has 1 atom stereocenters. The second-order valence-electron chi connectivity index (χ2n) is 9.80. The molecule has 1 aromatic carbocycles. The molecule has 1 aromatic heterocycles. The number of carbonyl (C=O) groups is 3. The number of amides is 3. The summed E-state index contributed by atoms with van der Waals surface area (Å²) in [5, 5.41) is 8.86. The van der Waals surface area contributed by atoms with E-state index in [9.17, 15) is 14.4 Å². The molecule has 9 heteroatoms. The minimum absolute atomic E-state index is 0.0603. The molecule has 3 N–H and O–H groups in total. The van der Waals surface area contributed by atoms with Crippen LogP contribution in [0.2, 0.25) is 0 Å². The first-order valence-electron chi connectivity index (χ1n) is 12.9. The number of nitrogens with zero attached hydrogens (tertiary/aromatic N) is 2. The molecule has 5 rings (SSSR count). The van der Waals surface area contributed by atoms with Crippen molar-refractivity contribution >= 4 is 29.2 Å². The molecule has 3 amide bonds. The summed E-state index contributed by atoms with van der Waals surface area (Å²) in [5.41, 5.74) is 2.94. The van der Waals surface area contributed by atoms with Gasteiger partial charge in [-0.05, 0) is 67.5 Å². The number of hydrogen-bond donors (Lipinski definition) is 3. The van der Waals surface area contributed by atoms with E-state index in [1.165, 1.54) is 0 Å². The highest BCUT2D eigenvalue weighted by atomic mass is 16.5. The van der Waals surface area contributed by atoms with Crippen molar-refractivity contribution in [1.29, 1.82) is 0 Å². The number of carbonyl (C=O) groups excluding carboxylic acids is 3. The van der Waals surface area contributed by atoms with E-state index in [1.807, 2.05) is 30.3 Å². The second kappa shape index (κ2) is 11.1. The molecule has 0 aliphatic carbocycles. The molecule has 190 valence electrons. The number of aromatic nitrogens is 1. The highest BCUT2D eigenvalue weighted by Gasteiger charge is 2.29. The number of benzene rings is 1. The van der Waals surface area contributed by atoms with Gasteiger partial charge in [0, 0.05) is 50.4 Å². The number of pyridine rings is 1. The van der Waals surface area contributed by atoms with Gasteiger partial charge in [-0.1, -0.05) is 6.07 Å². The number of imide groups is 1. The fourth-order valence-electron chi connectivity index (χ4n) is 5.19. The first-order chi connectivity index (χ1) is 17.5. The molecule has 3 aliphatic heterocycles. The first-order valence-corrected chi connectivity index (χ1v) is 12.9. The maximum atomic E-state index is 12.2. The Morgan fingerprint density at radius 1 is 0.972 bits per heavy atom. The van der Waals surface area contributed by atoms with Crippen molar-refractivity contribution in [3.05, 3.63) is 47.7 Å². The third kappa shape index (κ3) is 5.84. The Balaban J connectivity index is 1.03. The Bertz CT molecular complexity index is 1130. The van der Waals surface area contributed by atoms with Crippen molar-refractivity contribution in [2.75, 3.05) is 43.0 Å². The molecule has 0 saturated carbocycles. The van der Waals surface area contributed by atoms with Gasteiger partial charge in [-0.25, -0.2) is 4.98 Å². The van der Waals surface area contributed by atoms with Crippen LogP contribution in [0.1, 0.15) is 49.1 Å². The Morgan fingerprint density at radius 2 is 1.81 bits per heavy atom. The van der Waals surface area contributed by atoms with Gasteiger partial charge < -0.3 is 20.3 Å². The average molecular weight is 492 g/mol. The molecule has 0 bridgehead atoms. The maximum Gasteiger partial charge on any atom is 0.234 e. The lowest BCUT2D eigenvalue weighted by atomic mass is 9.91. The number of aryl methyl sites for hydroxylation is 1. The van der Waals surface area contributed by atoms with Crippen LogP contribution < -0.4 is 25.6 Å². The molecular weight excluding hydrogens is 458 g/mol. The Kier molecular flexibility index (Phi) is 7.46. The number of nitrogens with one attached hydrogen (secondary N) is 3. The van der Waals surface area contributed by atoms with Gasteiger partial charge in [-0.15, -0.1) is 0 Å². The van der Waals surface area contributed by atoms with E-state index in [-0.39, 0.29) is 23.6 Å². The summed E-state index contributed by atoms with van der Waals surface area (Å²) in [4.78, 5) is 42.1. The normalized spacial score (nSPS) is 20.5. The summed E-state index contributed by atoms with van der Waals surface area (Å²) in [6.45, 7) is 4.13. The van der Waals surface area contributed by atoms with Gasteiger partial charge in [-0.2, -0.15) is 0 Å². The van der Waals surface area contributed by atoms with Crippen LogP contribution in [0.25, 0.3) is 0 Å². The molecule has 2 fully saturated rings. The third-order valence-corrected chi connectivity index (χ3v) is 7.31. The zero-order chi connectivity index (χ0) is 24.9. The van der Waals surface area contributed by atoms with Crippen molar-refractivity contribution in [1.82, 2.24) is 15.6 Å². The summed E-state index contributed by atoms with van der Waals surface area (Å²) < 4.78 is 5.87. The lowest BCUT2D eigenvalue weighted by Gasteiger charge is -2.33. The molecule has 0 radical (unpaired) electrons. The number of fused-ring (bicyclic) bond motifs is 1. The fourth-order valence-corrected chi connectivity index (χ4v) is 5.19. The Hall–Kier alpha value is -3.46. The predicted molar refractivity (Wildman–Crippen MR) is 136 cm³/mol. The smallest absolute Gasteiger partial charge is 0.234 e. The summed E-state index contributed by atoms with van der Waals surface area (Å²) in [6.07, 6.45) is 6.16. The van der Waals surface area contributed by atoms with Crippen LogP contribution in [0.4, 0.5) is 11.5 Å². The summed E-state index contributed by atoms with van der Waals surface area (Å²) in [5.74, 6) is 1.64. The van der Waals surface area contributed by atoms with Crippen molar-refractivity contribution in [3.8, 4) is 5.75 Å². The van der Waals surface area contributed by atoms with Gasteiger partial charge in [0.05, 0.1) is 5.92 Å². The van der Waals surface area contributed by atoms with E-state index >= 15 is 0 Å². The number of ether oxygens (including phenoxy) is 1. The summed E-state index contributed by atoms with van der Waals surface area (Å²) >= 11 is 0. The molecule has 36 heavy (non-hydrogen) atoms. The van der Waals surface area contributed by atoms with Crippen LogP contribution in [0.15, 0.2) is 36.5 Å². The molecule has 1 unspecified atom stereocenters. The van der Waals surface area contributed by atoms with E-state index in [1.54, 1.807) is 6.20 Å². The third-order valence-electron chi connectivity index (χ3n) is 7.31. The first kappa shape index (κ1) is 24.2.